The lowest BCUT2D eigenvalue weighted by Gasteiger charge is -2.38. The lowest BCUT2D eigenvalue weighted by atomic mass is 10.1. The van der Waals surface area contributed by atoms with Gasteiger partial charge in [0.1, 0.15) is 5.82 Å². The van der Waals surface area contributed by atoms with E-state index in [0.29, 0.717) is 16.4 Å². The van der Waals surface area contributed by atoms with E-state index in [4.69, 9.17) is 11.6 Å². The van der Waals surface area contributed by atoms with E-state index in [2.05, 4.69) is 41.3 Å². The minimum atomic E-state index is -4.40. The molecule has 1 unspecified atom stereocenters. The Kier molecular flexibility index (Phi) is 4.85. The molecule has 1 aromatic heterocycles. The minimum absolute atomic E-state index is 0.0262. The molecule has 1 fully saturated rings. The number of rotatable bonds is 2. The molecular formula is C17H16BrClF3N5. The molecule has 1 saturated heterocycles. The lowest BCUT2D eigenvalue weighted by molar-refractivity contribution is -0.138. The van der Waals surface area contributed by atoms with Gasteiger partial charge in [-0.1, -0.05) is 27.5 Å². The Morgan fingerprint density at radius 2 is 1.78 bits per heavy atom. The van der Waals surface area contributed by atoms with Gasteiger partial charge in [-0.3, -0.25) is 4.90 Å². The van der Waals surface area contributed by atoms with Gasteiger partial charge in [0.2, 0.25) is 0 Å². The van der Waals surface area contributed by atoms with E-state index in [-0.39, 0.29) is 10.8 Å². The highest BCUT2D eigenvalue weighted by molar-refractivity contribution is 9.10. The average molecular weight is 463 g/mol. The number of nitrogens with zero attached hydrogens (tertiary/aromatic N) is 3. The molecule has 1 aromatic carbocycles. The first kappa shape index (κ1) is 18.6. The first-order valence-electron chi connectivity index (χ1n) is 8.36. The van der Waals surface area contributed by atoms with E-state index in [0.717, 1.165) is 38.1 Å². The van der Waals surface area contributed by atoms with E-state index in [9.17, 15) is 13.2 Å². The maximum Gasteiger partial charge on any atom is 0.417 e. The largest absolute Gasteiger partial charge is 0.417 e. The molecular weight excluding hydrogens is 447 g/mol. The summed E-state index contributed by atoms with van der Waals surface area (Å²) >= 11 is 9.22. The molecule has 5 nitrogen and oxygen atoms in total. The summed E-state index contributed by atoms with van der Waals surface area (Å²) in [7, 11) is 0. The van der Waals surface area contributed by atoms with Crippen LogP contribution >= 0.6 is 27.5 Å². The molecule has 0 spiro atoms. The number of alkyl halides is 3. The number of benzene rings is 1. The fourth-order valence-corrected chi connectivity index (χ4v) is 4.15. The van der Waals surface area contributed by atoms with Crippen LogP contribution in [0.1, 0.15) is 5.56 Å². The van der Waals surface area contributed by atoms with Crippen LogP contribution < -0.4 is 15.5 Å². The Morgan fingerprint density at radius 1 is 1.11 bits per heavy atom. The van der Waals surface area contributed by atoms with E-state index >= 15 is 0 Å². The minimum Gasteiger partial charge on any atom is -0.353 e. The fraction of sp³-hybridized carbons (Fsp3) is 0.353. The Morgan fingerprint density at radius 3 is 2.41 bits per heavy atom. The van der Waals surface area contributed by atoms with Gasteiger partial charge in [-0.25, -0.2) is 4.98 Å². The van der Waals surface area contributed by atoms with Crippen molar-refractivity contribution in [1.82, 2.24) is 9.88 Å². The highest BCUT2D eigenvalue weighted by atomic mass is 79.9. The van der Waals surface area contributed by atoms with Crippen molar-refractivity contribution in [2.24, 2.45) is 0 Å². The van der Waals surface area contributed by atoms with Crippen molar-refractivity contribution >= 4 is 44.7 Å². The number of anilines is 3. The van der Waals surface area contributed by atoms with Crippen LogP contribution in [0.25, 0.3) is 0 Å². The quantitative estimate of drug-likeness (QED) is 0.690. The molecule has 27 heavy (non-hydrogen) atoms. The van der Waals surface area contributed by atoms with Crippen molar-refractivity contribution in [2.45, 2.75) is 12.5 Å². The van der Waals surface area contributed by atoms with Crippen molar-refractivity contribution < 1.29 is 13.2 Å². The Balaban J connectivity index is 1.44. The van der Waals surface area contributed by atoms with Crippen molar-refractivity contribution in [1.29, 1.82) is 0 Å². The summed E-state index contributed by atoms with van der Waals surface area (Å²) in [4.78, 5) is 8.59. The molecule has 0 radical (unpaired) electrons. The summed E-state index contributed by atoms with van der Waals surface area (Å²) in [6.07, 6.45) is -2.95. The van der Waals surface area contributed by atoms with Gasteiger partial charge >= 0.3 is 6.18 Å². The summed E-state index contributed by atoms with van der Waals surface area (Å²) in [6, 6.07) is 6.20. The molecule has 0 bridgehead atoms. The van der Waals surface area contributed by atoms with Gasteiger partial charge in [-0.15, -0.1) is 0 Å². The van der Waals surface area contributed by atoms with E-state index in [1.807, 2.05) is 6.07 Å². The molecule has 2 aliphatic rings. The SMILES string of the molecule is FC(F)(F)c1cc2c(cc1Br)NC(N1CCN(c3ncccc3Cl)CC1)N2. The molecule has 144 valence electrons. The molecule has 4 rings (SSSR count). The normalized spacial score (nSPS) is 20.2. The topological polar surface area (TPSA) is 43.4 Å². The number of fused-ring (bicyclic) bond motifs is 1. The van der Waals surface area contributed by atoms with Gasteiger partial charge in [0.15, 0.2) is 6.29 Å². The van der Waals surface area contributed by atoms with Crippen molar-refractivity contribution in [2.75, 3.05) is 41.7 Å². The molecule has 10 heteroatoms. The van der Waals surface area contributed by atoms with Crippen molar-refractivity contribution in [3.8, 4) is 0 Å². The molecule has 2 aliphatic heterocycles. The van der Waals surface area contributed by atoms with Crippen molar-refractivity contribution in [3.05, 3.63) is 45.5 Å². The maximum atomic E-state index is 13.1. The van der Waals surface area contributed by atoms with Gasteiger partial charge in [-0.2, -0.15) is 13.2 Å². The summed E-state index contributed by atoms with van der Waals surface area (Å²) in [5, 5.41) is 7.00. The summed E-state index contributed by atoms with van der Waals surface area (Å²) in [6.45, 7) is 2.90. The zero-order chi connectivity index (χ0) is 19.2. The first-order chi connectivity index (χ1) is 12.8. The van der Waals surface area contributed by atoms with Crippen LogP contribution in [-0.4, -0.2) is 42.4 Å². The van der Waals surface area contributed by atoms with Crippen LogP contribution in [-0.2, 0) is 6.18 Å². The zero-order valence-corrected chi connectivity index (χ0v) is 16.4. The Bertz CT molecular complexity index is 855. The number of aromatic nitrogens is 1. The fourth-order valence-electron chi connectivity index (χ4n) is 3.34. The second-order valence-corrected chi connectivity index (χ2v) is 7.66. The predicted molar refractivity (Wildman–Crippen MR) is 103 cm³/mol. The second kappa shape index (κ2) is 7.03. The summed E-state index contributed by atoms with van der Waals surface area (Å²) in [5.41, 5.74) is 0.409. The van der Waals surface area contributed by atoms with Gasteiger partial charge in [0.05, 0.1) is 22.0 Å². The number of hydrogen-bond donors (Lipinski definition) is 2. The standard InChI is InChI=1S/C17H16BrClF3N5/c18-11-9-14-13(8-10(11)17(20,21)22)24-16(25-14)27-6-4-26(5-7-27)15-12(19)2-1-3-23-15/h1-3,8-9,16,24-25H,4-7H2. The summed E-state index contributed by atoms with van der Waals surface area (Å²) < 4.78 is 39.3. The van der Waals surface area contributed by atoms with Crippen LogP contribution in [0.2, 0.25) is 5.02 Å². The monoisotopic (exact) mass is 461 g/mol. The zero-order valence-electron chi connectivity index (χ0n) is 14.0. The highest BCUT2D eigenvalue weighted by Crippen LogP contribution is 2.42. The smallest absolute Gasteiger partial charge is 0.353 e. The number of pyridine rings is 1. The third kappa shape index (κ3) is 3.68. The molecule has 3 heterocycles. The highest BCUT2D eigenvalue weighted by Gasteiger charge is 2.36. The third-order valence-corrected chi connectivity index (χ3v) is 5.67. The molecule has 2 N–H and O–H groups in total. The van der Waals surface area contributed by atoms with E-state index in [1.165, 1.54) is 6.07 Å². The predicted octanol–water partition coefficient (Wildman–Crippen LogP) is 4.46. The number of nitrogens with one attached hydrogen (secondary N) is 2. The molecule has 2 aromatic rings. The van der Waals surface area contributed by atoms with Crippen LogP contribution in [0.15, 0.2) is 34.9 Å². The maximum absolute atomic E-state index is 13.1. The van der Waals surface area contributed by atoms with E-state index < -0.39 is 11.7 Å². The van der Waals surface area contributed by atoms with Gasteiger partial charge in [0, 0.05) is 36.8 Å². The molecule has 0 saturated carbocycles. The van der Waals surface area contributed by atoms with Crippen LogP contribution in [0.4, 0.5) is 30.4 Å². The first-order valence-corrected chi connectivity index (χ1v) is 9.53. The molecule has 0 aliphatic carbocycles. The number of piperazine rings is 1. The third-order valence-electron chi connectivity index (χ3n) is 4.72. The van der Waals surface area contributed by atoms with Crippen molar-refractivity contribution in [3.63, 3.8) is 0 Å². The number of halogens is 5. The van der Waals surface area contributed by atoms with Gasteiger partial charge in [0.25, 0.3) is 0 Å². The van der Waals surface area contributed by atoms with Crippen LogP contribution in [0, 0.1) is 0 Å². The van der Waals surface area contributed by atoms with Crippen LogP contribution in [0.3, 0.4) is 0 Å². The Hall–Kier alpha value is -1.71. The van der Waals surface area contributed by atoms with Gasteiger partial charge in [-0.05, 0) is 24.3 Å². The molecule has 1 atom stereocenters. The molecule has 0 amide bonds. The van der Waals surface area contributed by atoms with E-state index in [1.54, 1.807) is 12.3 Å². The Labute approximate surface area is 167 Å². The summed E-state index contributed by atoms with van der Waals surface area (Å²) in [5.74, 6) is 0.758. The van der Waals surface area contributed by atoms with Gasteiger partial charge < -0.3 is 15.5 Å². The van der Waals surface area contributed by atoms with Crippen LogP contribution in [0.5, 0.6) is 0 Å². The average Bonchev–Trinajstić information content (AvgIpc) is 3.03. The lowest BCUT2D eigenvalue weighted by Crippen LogP contribution is -2.54. The second-order valence-electron chi connectivity index (χ2n) is 6.40. The number of hydrogen-bond acceptors (Lipinski definition) is 5.